The van der Waals surface area contributed by atoms with E-state index < -0.39 is 4.92 Å². The number of carbonyl (C=O) groups is 1. The maximum atomic E-state index is 12.2. The van der Waals surface area contributed by atoms with Crippen LogP contribution < -0.4 is 10.6 Å². The largest absolute Gasteiger partial charge is 0.381 e. The number of carbonyl (C=O) groups excluding carboxylic acids is 1. The molecule has 108 valence electrons. The first-order chi connectivity index (χ1) is 9.61. The number of pyridine rings is 1. The van der Waals surface area contributed by atoms with Crippen molar-refractivity contribution < 1.29 is 14.5 Å². The van der Waals surface area contributed by atoms with Crippen LogP contribution in [-0.2, 0) is 4.74 Å². The maximum absolute atomic E-state index is 12.2. The van der Waals surface area contributed by atoms with E-state index in [1.54, 1.807) is 7.05 Å². The number of nitrogens with zero attached hydrogens (tertiary/aromatic N) is 2. The molecule has 1 aromatic rings. The van der Waals surface area contributed by atoms with E-state index in [9.17, 15) is 14.9 Å². The third-order valence-electron chi connectivity index (χ3n) is 3.12. The highest BCUT2D eigenvalue weighted by atomic mass is 16.6. The summed E-state index contributed by atoms with van der Waals surface area (Å²) in [6.07, 6.45) is 2.60. The van der Waals surface area contributed by atoms with Gasteiger partial charge < -0.3 is 15.4 Å². The number of hydrogen-bond donors (Lipinski definition) is 2. The van der Waals surface area contributed by atoms with Crippen LogP contribution in [-0.4, -0.2) is 42.1 Å². The number of anilines is 1. The average molecular weight is 280 g/mol. The summed E-state index contributed by atoms with van der Waals surface area (Å²) in [5, 5.41) is 16.4. The van der Waals surface area contributed by atoms with E-state index in [0.717, 1.165) is 19.0 Å². The molecule has 1 aromatic heterocycles. The van der Waals surface area contributed by atoms with Crippen molar-refractivity contribution >= 4 is 17.4 Å². The van der Waals surface area contributed by atoms with Gasteiger partial charge in [-0.05, 0) is 12.8 Å². The predicted molar refractivity (Wildman–Crippen MR) is 71.7 cm³/mol. The molecule has 1 fully saturated rings. The molecule has 0 atom stereocenters. The molecule has 2 heterocycles. The summed E-state index contributed by atoms with van der Waals surface area (Å²) >= 11 is 0. The van der Waals surface area contributed by atoms with Crippen LogP contribution >= 0.6 is 0 Å². The first-order valence-electron chi connectivity index (χ1n) is 6.32. The summed E-state index contributed by atoms with van der Waals surface area (Å²) in [6.45, 7) is 1.22. The predicted octanol–water partition coefficient (Wildman–Crippen LogP) is 0.940. The minimum Gasteiger partial charge on any atom is -0.381 e. The van der Waals surface area contributed by atoms with Crippen molar-refractivity contribution in [1.82, 2.24) is 10.3 Å². The normalized spacial score (nSPS) is 15.7. The Labute approximate surface area is 115 Å². The van der Waals surface area contributed by atoms with Crippen LogP contribution in [0.1, 0.15) is 23.2 Å². The van der Waals surface area contributed by atoms with Gasteiger partial charge in [0.15, 0.2) is 0 Å². The number of ether oxygens (including phenoxy) is 1. The van der Waals surface area contributed by atoms with E-state index in [4.69, 9.17) is 4.74 Å². The number of hydrogen-bond acceptors (Lipinski definition) is 6. The zero-order chi connectivity index (χ0) is 14.5. The molecule has 1 amide bonds. The van der Waals surface area contributed by atoms with Gasteiger partial charge in [-0.1, -0.05) is 0 Å². The molecule has 1 saturated heterocycles. The van der Waals surface area contributed by atoms with Crippen LogP contribution in [0, 0.1) is 10.1 Å². The maximum Gasteiger partial charge on any atom is 0.288 e. The van der Waals surface area contributed by atoms with Gasteiger partial charge in [-0.25, -0.2) is 4.98 Å². The standard InChI is InChI=1S/C12H16N4O4/c1-13-11-10(6-9(7-14-11)16(18)19)12(17)15-8-2-4-20-5-3-8/h6-8H,2-5H2,1H3,(H,13,14)(H,15,17). The highest BCUT2D eigenvalue weighted by Gasteiger charge is 2.21. The third-order valence-corrected chi connectivity index (χ3v) is 3.12. The molecular formula is C12H16N4O4. The van der Waals surface area contributed by atoms with E-state index in [0.29, 0.717) is 19.0 Å². The summed E-state index contributed by atoms with van der Waals surface area (Å²) in [7, 11) is 1.61. The van der Waals surface area contributed by atoms with E-state index in [1.165, 1.54) is 6.07 Å². The Bertz CT molecular complexity index is 514. The fourth-order valence-electron chi connectivity index (χ4n) is 2.03. The molecule has 8 heteroatoms. The van der Waals surface area contributed by atoms with Crippen LogP contribution in [0.2, 0.25) is 0 Å². The monoisotopic (exact) mass is 280 g/mol. The van der Waals surface area contributed by atoms with E-state index in [2.05, 4.69) is 15.6 Å². The lowest BCUT2D eigenvalue weighted by Crippen LogP contribution is -2.39. The number of nitrogens with one attached hydrogen (secondary N) is 2. The Morgan fingerprint density at radius 3 is 2.80 bits per heavy atom. The molecule has 0 saturated carbocycles. The first kappa shape index (κ1) is 14.2. The van der Waals surface area contributed by atoms with Gasteiger partial charge in [0.2, 0.25) is 0 Å². The Hall–Kier alpha value is -2.22. The van der Waals surface area contributed by atoms with Crippen molar-refractivity contribution in [2.24, 2.45) is 0 Å². The van der Waals surface area contributed by atoms with E-state index in [1.807, 2.05) is 0 Å². The summed E-state index contributed by atoms with van der Waals surface area (Å²) in [6, 6.07) is 1.26. The van der Waals surface area contributed by atoms with Crippen molar-refractivity contribution in [1.29, 1.82) is 0 Å². The summed E-state index contributed by atoms with van der Waals surface area (Å²) in [5.74, 6) is -0.0439. The summed E-state index contributed by atoms with van der Waals surface area (Å²) in [5.41, 5.74) is -0.0330. The molecular weight excluding hydrogens is 264 g/mol. The molecule has 0 radical (unpaired) electrons. The quantitative estimate of drug-likeness (QED) is 0.628. The van der Waals surface area contributed by atoms with Crippen molar-refractivity contribution in [2.75, 3.05) is 25.6 Å². The van der Waals surface area contributed by atoms with Crippen LogP contribution in [0.15, 0.2) is 12.3 Å². The van der Waals surface area contributed by atoms with Crippen molar-refractivity contribution in [3.63, 3.8) is 0 Å². The van der Waals surface area contributed by atoms with E-state index in [-0.39, 0.29) is 23.2 Å². The molecule has 0 unspecified atom stereocenters. The molecule has 2 N–H and O–H groups in total. The van der Waals surface area contributed by atoms with Crippen molar-refractivity contribution in [2.45, 2.75) is 18.9 Å². The average Bonchev–Trinajstić information content (AvgIpc) is 2.47. The zero-order valence-electron chi connectivity index (χ0n) is 11.1. The topological polar surface area (TPSA) is 106 Å². The van der Waals surface area contributed by atoms with Gasteiger partial charge in [0.1, 0.15) is 12.0 Å². The lowest BCUT2D eigenvalue weighted by atomic mass is 10.1. The highest BCUT2D eigenvalue weighted by Crippen LogP contribution is 2.19. The second-order valence-electron chi connectivity index (χ2n) is 4.46. The Morgan fingerprint density at radius 2 is 2.20 bits per heavy atom. The third kappa shape index (κ3) is 3.21. The second kappa shape index (κ2) is 6.29. The van der Waals surface area contributed by atoms with Crippen molar-refractivity contribution in [3.05, 3.63) is 27.9 Å². The zero-order valence-corrected chi connectivity index (χ0v) is 11.1. The van der Waals surface area contributed by atoms with E-state index >= 15 is 0 Å². The summed E-state index contributed by atoms with van der Waals surface area (Å²) in [4.78, 5) is 26.3. The molecule has 2 rings (SSSR count). The number of rotatable bonds is 4. The SMILES string of the molecule is CNc1ncc([N+](=O)[O-])cc1C(=O)NC1CCOCC1. The molecule has 0 bridgehead atoms. The molecule has 0 spiro atoms. The van der Waals surface area contributed by atoms with Gasteiger partial charge in [-0.2, -0.15) is 0 Å². The van der Waals surface area contributed by atoms with Gasteiger partial charge in [0.25, 0.3) is 11.6 Å². The van der Waals surface area contributed by atoms with Gasteiger partial charge in [-0.3, -0.25) is 14.9 Å². The molecule has 1 aliphatic rings. The smallest absolute Gasteiger partial charge is 0.288 e. The van der Waals surface area contributed by atoms with Crippen molar-refractivity contribution in [3.8, 4) is 0 Å². The number of aromatic nitrogens is 1. The fourth-order valence-corrected chi connectivity index (χ4v) is 2.03. The number of amides is 1. The van der Waals surface area contributed by atoms with Crippen LogP contribution in [0.3, 0.4) is 0 Å². The Balaban J connectivity index is 2.18. The molecule has 0 aliphatic carbocycles. The second-order valence-corrected chi connectivity index (χ2v) is 4.46. The van der Waals surface area contributed by atoms with Crippen LogP contribution in [0.4, 0.5) is 11.5 Å². The molecule has 0 aromatic carbocycles. The lowest BCUT2D eigenvalue weighted by Gasteiger charge is -2.23. The van der Waals surface area contributed by atoms with Gasteiger partial charge in [-0.15, -0.1) is 0 Å². The van der Waals surface area contributed by atoms with Gasteiger partial charge >= 0.3 is 0 Å². The minimum absolute atomic E-state index is 0.0280. The lowest BCUT2D eigenvalue weighted by molar-refractivity contribution is -0.385. The fraction of sp³-hybridized carbons (Fsp3) is 0.500. The molecule has 20 heavy (non-hydrogen) atoms. The van der Waals surface area contributed by atoms with Gasteiger partial charge in [0.05, 0.1) is 10.5 Å². The summed E-state index contributed by atoms with van der Waals surface area (Å²) < 4.78 is 5.22. The Kier molecular flexibility index (Phi) is 4.46. The van der Waals surface area contributed by atoms with Gasteiger partial charge in [0, 0.05) is 32.4 Å². The number of nitro groups is 1. The highest BCUT2D eigenvalue weighted by molar-refractivity contribution is 5.99. The molecule has 1 aliphatic heterocycles. The van der Waals surface area contributed by atoms with Crippen LogP contribution in [0.5, 0.6) is 0 Å². The molecule has 8 nitrogen and oxygen atoms in total. The first-order valence-corrected chi connectivity index (χ1v) is 6.32. The van der Waals surface area contributed by atoms with Crippen LogP contribution in [0.25, 0.3) is 0 Å². The minimum atomic E-state index is -0.572. The Morgan fingerprint density at radius 1 is 1.50 bits per heavy atom.